The molecule has 0 saturated carbocycles. The first kappa shape index (κ1) is 22.1. The zero-order chi connectivity index (χ0) is 22.4. The summed E-state index contributed by atoms with van der Waals surface area (Å²) >= 11 is 0. The van der Waals surface area contributed by atoms with Crippen LogP contribution in [-0.2, 0) is 14.8 Å². The van der Waals surface area contributed by atoms with Gasteiger partial charge in [0.1, 0.15) is 5.82 Å². The number of para-hydroxylation sites is 3. The van der Waals surface area contributed by atoms with E-state index in [-0.39, 0.29) is 10.6 Å². The normalized spacial score (nSPS) is 12.0. The molecule has 1 atom stereocenters. The van der Waals surface area contributed by atoms with Crippen molar-refractivity contribution in [3.05, 3.63) is 78.6 Å². The monoisotopic (exact) mass is 444 g/mol. The van der Waals surface area contributed by atoms with Crippen molar-refractivity contribution in [1.82, 2.24) is 0 Å². The molecule has 3 aromatic carbocycles. The number of sulfonamides is 1. The summed E-state index contributed by atoms with van der Waals surface area (Å²) in [6.45, 7) is 1.58. The summed E-state index contributed by atoms with van der Waals surface area (Å²) in [7, 11) is -2.48. The number of halogens is 1. The molecule has 0 aliphatic heterocycles. The van der Waals surface area contributed by atoms with Crippen LogP contribution in [0.25, 0.3) is 0 Å². The van der Waals surface area contributed by atoms with Crippen LogP contribution in [0.2, 0.25) is 0 Å². The average molecular weight is 444 g/mol. The van der Waals surface area contributed by atoms with E-state index in [1.54, 1.807) is 31.2 Å². The van der Waals surface area contributed by atoms with Crippen LogP contribution in [0.4, 0.5) is 15.8 Å². The third kappa shape index (κ3) is 5.52. The van der Waals surface area contributed by atoms with Gasteiger partial charge in [-0.25, -0.2) is 12.8 Å². The first-order chi connectivity index (χ1) is 14.8. The zero-order valence-electron chi connectivity index (χ0n) is 16.8. The van der Waals surface area contributed by atoms with E-state index >= 15 is 0 Å². The third-order valence-electron chi connectivity index (χ3n) is 4.29. The molecule has 2 N–H and O–H groups in total. The van der Waals surface area contributed by atoms with Gasteiger partial charge in [-0.15, -0.1) is 0 Å². The van der Waals surface area contributed by atoms with Gasteiger partial charge in [0.05, 0.1) is 17.7 Å². The maximum absolute atomic E-state index is 13.7. The minimum atomic E-state index is -3.99. The quantitative estimate of drug-likeness (QED) is 0.547. The highest BCUT2D eigenvalue weighted by Gasteiger charge is 2.19. The molecule has 31 heavy (non-hydrogen) atoms. The molecule has 7 nitrogen and oxygen atoms in total. The van der Waals surface area contributed by atoms with Gasteiger partial charge in [0, 0.05) is 5.69 Å². The summed E-state index contributed by atoms with van der Waals surface area (Å²) in [6.07, 6.45) is -0.831. The lowest BCUT2D eigenvalue weighted by molar-refractivity contribution is -0.122. The van der Waals surface area contributed by atoms with E-state index in [1.165, 1.54) is 49.6 Å². The first-order valence-corrected chi connectivity index (χ1v) is 10.8. The second kappa shape index (κ2) is 9.48. The topological polar surface area (TPSA) is 93.7 Å². The van der Waals surface area contributed by atoms with Crippen molar-refractivity contribution in [2.45, 2.75) is 17.9 Å². The van der Waals surface area contributed by atoms with Crippen molar-refractivity contribution < 1.29 is 27.1 Å². The van der Waals surface area contributed by atoms with Crippen LogP contribution in [0.5, 0.6) is 11.5 Å². The fraction of sp³-hybridized carbons (Fsp3) is 0.136. The maximum atomic E-state index is 13.7. The van der Waals surface area contributed by atoms with Crippen LogP contribution in [0.3, 0.4) is 0 Å². The van der Waals surface area contributed by atoms with Gasteiger partial charge in [0.15, 0.2) is 17.6 Å². The molecule has 0 aliphatic carbocycles. The fourth-order valence-corrected chi connectivity index (χ4v) is 3.74. The van der Waals surface area contributed by atoms with E-state index in [2.05, 4.69) is 10.0 Å². The van der Waals surface area contributed by atoms with Crippen molar-refractivity contribution in [1.29, 1.82) is 0 Å². The summed E-state index contributed by atoms with van der Waals surface area (Å²) in [6, 6.07) is 17.9. The summed E-state index contributed by atoms with van der Waals surface area (Å²) in [5.74, 6) is -0.183. The summed E-state index contributed by atoms with van der Waals surface area (Å²) in [4.78, 5) is 12.4. The Morgan fingerprint density at radius 3 is 2.19 bits per heavy atom. The minimum Gasteiger partial charge on any atom is -0.493 e. The Balaban J connectivity index is 1.65. The van der Waals surface area contributed by atoms with E-state index in [4.69, 9.17) is 9.47 Å². The van der Waals surface area contributed by atoms with Crippen molar-refractivity contribution in [3.63, 3.8) is 0 Å². The number of nitrogens with one attached hydrogen (secondary N) is 2. The number of carbonyl (C=O) groups is 1. The van der Waals surface area contributed by atoms with Crippen molar-refractivity contribution in [2.24, 2.45) is 0 Å². The Labute approximate surface area is 179 Å². The highest BCUT2D eigenvalue weighted by molar-refractivity contribution is 7.92. The third-order valence-corrected chi connectivity index (χ3v) is 5.67. The predicted octanol–water partition coefficient (Wildman–Crippen LogP) is 4.04. The number of methoxy groups -OCH3 is 1. The van der Waals surface area contributed by atoms with Gasteiger partial charge in [0.2, 0.25) is 0 Å². The average Bonchev–Trinajstić information content (AvgIpc) is 2.76. The minimum absolute atomic E-state index is 0.0768. The summed E-state index contributed by atoms with van der Waals surface area (Å²) < 4.78 is 51.7. The van der Waals surface area contributed by atoms with Crippen molar-refractivity contribution in [3.8, 4) is 11.5 Å². The van der Waals surface area contributed by atoms with Crippen LogP contribution >= 0.6 is 0 Å². The van der Waals surface area contributed by atoms with Crippen LogP contribution in [-0.4, -0.2) is 27.5 Å². The Kier molecular flexibility index (Phi) is 6.76. The van der Waals surface area contributed by atoms with E-state index < -0.39 is 27.9 Å². The van der Waals surface area contributed by atoms with Gasteiger partial charge in [0.25, 0.3) is 15.9 Å². The van der Waals surface area contributed by atoms with Gasteiger partial charge in [-0.05, 0) is 55.5 Å². The lowest BCUT2D eigenvalue weighted by Crippen LogP contribution is -2.30. The van der Waals surface area contributed by atoms with E-state index in [0.29, 0.717) is 17.2 Å². The number of hydrogen-bond acceptors (Lipinski definition) is 5. The van der Waals surface area contributed by atoms with Crippen LogP contribution in [0.1, 0.15) is 6.92 Å². The van der Waals surface area contributed by atoms with Gasteiger partial charge < -0.3 is 14.8 Å². The number of anilines is 2. The molecule has 0 bridgehead atoms. The van der Waals surface area contributed by atoms with Crippen molar-refractivity contribution >= 4 is 27.3 Å². The second-order valence-electron chi connectivity index (χ2n) is 6.51. The molecule has 0 aliphatic rings. The highest BCUT2D eigenvalue weighted by atomic mass is 32.2. The van der Waals surface area contributed by atoms with E-state index in [9.17, 15) is 17.6 Å². The molecule has 1 amide bonds. The Bertz CT molecular complexity index is 1170. The molecular formula is C22H21FN2O5S. The lowest BCUT2D eigenvalue weighted by atomic mass is 10.3. The Hall–Kier alpha value is -3.59. The molecule has 0 fully saturated rings. The standard InChI is InChI=1S/C22H21FN2O5S/c1-15(30-21-10-6-5-9-20(21)29-2)22(26)24-16-11-13-17(14-12-16)31(27,28)25-19-8-4-3-7-18(19)23/h3-15,25H,1-2H3,(H,24,26)/t15-/m0/s1. The predicted molar refractivity (Wildman–Crippen MR) is 115 cm³/mol. The molecule has 0 radical (unpaired) electrons. The number of hydrogen-bond donors (Lipinski definition) is 2. The second-order valence-corrected chi connectivity index (χ2v) is 8.19. The van der Waals surface area contributed by atoms with Crippen LogP contribution in [0, 0.1) is 5.82 Å². The summed E-state index contributed by atoms with van der Waals surface area (Å²) in [5.41, 5.74) is 0.229. The molecule has 0 heterocycles. The van der Waals surface area contributed by atoms with E-state index in [0.717, 1.165) is 6.07 Å². The first-order valence-electron chi connectivity index (χ1n) is 9.28. The Morgan fingerprint density at radius 2 is 1.55 bits per heavy atom. The number of carbonyl (C=O) groups excluding carboxylic acids is 1. The van der Waals surface area contributed by atoms with Gasteiger partial charge >= 0.3 is 0 Å². The highest BCUT2D eigenvalue weighted by Crippen LogP contribution is 2.27. The SMILES string of the molecule is COc1ccccc1O[C@@H](C)C(=O)Nc1ccc(S(=O)(=O)Nc2ccccc2F)cc1. The van der Waals surface area contributed by atoms with Gasteiger partial charge in [-0.2, -0.15) is 0 Å². The largest absolute Gasteiger partial charge is 0.493 e. The van der Waals surface area contributed by atoms with E-state index in [1.807, 2.05) is 0 Å². The molecule has 162 valence electrons. The molecule has 0 aromatic heterocycles. The van der Waals surface area contributed by atoms with Gasteiger partial charge in [-0.1, -0.05) is 24.3 Å². The molecule has 0 unspecified atom stereocenters. The number of benzene rings is 3. The van der Waals surface area contributed by atoms with Crippen molar-refractivity contribution in [2.75, 3.05) is 17.1 Å². The molecular weight excluding hydrogens is 423 g/mol. The molecule has 3 rings (SSSR count). The molecule has 0 saturated heterocycles. The van der Waals surface area contributed by atoms with Gasteiger partial charge in [-0.3, -0.25) is 9.52 Å². The van der Waals surface area contributed by atoms with Crippen LogP contribution < -0.4 is 19.5 Å². The number of rotatable bonds is 8. The summed E-state index contributed by atoms with van der Waals surface area (Å²) in [5, 5.41) is 2.66. The maximum Gasteiger partial charge on any atom is 0.265 e. The molecule has 9 heteroatoms. The molecule has 3 aromatic rings. The smallest absolute Gasteiger partial charge is 0.265 e. The Morgan fingerprint density at radius 1 is 0.935 bits per heavy atom. The zero-order valence-corrected chi connectivity index (χ0v) is 17.6. The molecule has 0 spiro atoms. The number of ether oxygens (including phenoxy) is 2. The van der Waals surface area contributed by atoms with Crippen LogP contribution in [0.15, 0.2) is 77.7 Å². The number of amides is 1. The lowest BCUT2D eigenvalue weighted by Gasteiger charge is -2.16. The fourth-order valence-electron chi connectivity index (χ4n) is 2.67.